The minimum absolute atomic E-state index is 0.161. The molecular formula is C25H28ClN5O2. The second-order valence-electron chi connectivity index (χ2n) is 8.31. The first-order valence-corrected chi connectivity index (χ1v) is 11.5. The molecular weight excluding hydrogens is 438 g/mol. The molecule has 1 saturated heterocycles. The van der Waals surface area contributed by atoms with Crippen molar-refractivity contribution in [3.63, 3.8) is 0 Å². The molecule has 2 aromatic carbocycles. The van der Waals surface area contributed by atoms with Crippen LogP contribution in [0.1, 0.15) is 31.3 Å². The lowest BCUT2D eigenvalue weighted by Crippen LogP contribution is -2.50. The van der Waals surface area contributed by atoms with Crippen LogP contribution in [0, 0.1) is 6.92 Å². The van der Waals surface area contributed by atoms with E-state index in [-0.39, 0.29) is 11.9 Å². The summed E-state index contributed by atoms with van der Waals surface area (Å²) in [6.45, 7) is 8.78. The van der Waals surface area contributed by atoms with Gasteiger partial charge in [-0.05, 0) is 31.2 Å². The van der Waals surface area contributed by atoms with Gasteiger partial charge in [0.25, 0.3) is 0 Å². The van der Waals surface area contributed by atoms with E-state index in [0.29, 0.717) is 48.4 Å². The zero-order chi connectivity index (χ0) is 23.4. The number of aromatic nitrogens is 2. The lowest BCUT2D eigenvalue weighted by Gasteiger charge is -2.35. The number of nitrogens with one attached hydrogen (secondary N) is 1. The van der Waals surface area contributed by atoms with E-state index in [1.165, 1.54) is 0 Å². The maximum absolute atomic E-state index is 13.0. The minimum Gasteiger partial charge on any atom is -0.454 e. The number of anilines is 2. The van der Waals surface area contributed by atoms with Crippen molar-refractivity contribution in [1.82, 2.24) is 14.9 Å². The number of halogens is 1. The first kappa shape index (κ1) is 22.9. The SMILES string of the molecule is Cc1cc(N2CCN(C(=O)Nc3ccccc3Oc3ccccc3Cl)CC2)nc(C(C)C)n1. The Balaban J connectivity index is 1.40. The number of rotatable bonds is 5. The Hall–Kier alpha value is -3.32. The molecule has 0 aliphatic carbocycles. The summed E-state index contributed by atoms with van der Waals surface area (Å²) in [5.74, 6) is 3.11. The van der Waals surface area contributed by atoms with Gasteiger partial charge in [0.2, 0.25) is 0 Å². The van der Waals surface area contributed by atoms with Crippen LogP contribution in [0.2, 0.25) is 5.02 Å². The van der Waals surface area contributed by atoms with Gasteiger partial charge >= 0.3 is 6.03 Å². The zero-order valence-electron chi connectivity index (χ0n) is 19.1. The molecule has 0 atom stereocenters. The number of amides is 2. The molecule has 3 aromatic rings. The van der Waals surface area contributed by atoms with Gasteiger partial charge < -0.3 is 19.9 Å². The monoisotopic (exact) mass is 465 g/mol. The summed E-state index contributed by atoms with van der Waals surface area (Å²) in [5.41, 5.74) is 1.55. The van der Waals surface area contributed by atoms with Crippen LogP contribution >= 0.6 is 11.6 Å². The highest BCUT2D eigenvalue weighted by molar-refractivity contribution is 6.32. The molecule has 0 spiro atoms. The van der Waals surface area contributed by atoms with Crippen LogP contribution in [0.3, 0.4) is 0 Å². The van der Waals surface area contributed by atoms with Crippen molar-refractivity contribution in [2.24, 2.45) is 0 Å². The van der Waals surface area contributed by atoms with Crippen molar-refractivity contribution in [2.45, 2.75) is 26.7 Å². The number of para-hydroxylation sites is 3. The highest BCUT2D eigenvalue weighted by Crippen LogP contribution is 2.33. The molecule has 0 unspecified atom stereocenters. The molecule has 1 fully saturated rings. The predicted molar refractivity (Wildman–Crippen MR) is 132 cm³/mol. The van der Waals surface area contributed by atoms with Crippen LogP contribution in [-0.2, 0) is 0 Å². The summed E-state index contributed by atoms with van der Waals surface area (Å²) in [5, 5.41) is 3.49. The summed E-state index contributed by atoms with van der Waals surface area (Å²) in [7, 11) is 0. The van der Waals surface area contributed by atoms with Gasteiger partial charge in [0.05, 0.1) is 10.7 Å². The highest BCUT2D eigenvalue weighted by atomic mass is 35.5. The maximum atomic E-state index is 13.0. The minimum atomic E-state index is -0.161. The summed E-state index contributed by atoms with van der Waals surface area (Å²) < 4.78 is 5.96. The predicted octanol–water partition coefficient (Wildman–Crippen LogP) is 5.71. The van der Waals surface area contributed by atoms with Crippen LogP contribution in [0.4, 0.5) is 16.3 Å². The number of ether oxygens (including phenoxy) is 1. The number of carbonyl (C=O) groups excluding carboxylic acids is 1. The molecule has 0 saturated carbocycles. The zero-order valence-corrected chi connectivity index (χ0v) is 19.8. The number of aryl methyl sites for hydroxylation is 1. The van der Waals surface area contributed by atoms with Gasteiger partial charge in [-0.2, -0.15) is 0 Å². The summed E-state index contributed by atoms with van der Waals surface area (Å²) >= 11 is 6.22. The molecule has 2 amide bonds. The molecule has 8 heteroatoms. The molecule has 1 aromatic heterocycles. The second-order valence-corrected chi connectivity index (χ2v) is 8.72. The average molecular weight is 466 g/mol. The van der Waals surface area contributed by atoms with E-state index >= 15 is 0 Å². The first-order chi connectivity index (χ1) is 15.9. The third-order valence-corrected chi connectivity index (χ3v) is 5.76. The Kier molecular flexibility index (Phi) is 6.99. The van der Waals surface area contributed by atoms with Crippen LogP contribution < -0.4 is 15.0 Å². The lowest BCUT2D eigenvalue weighted by molar-refractivity contribution is 0.208. The van der Waals surface area contributed by atoms with Crippen LogP contribution in [-0.4, -0.2) is 47.1 Å². The van der Waals surface area contributed by atoms with E-state index in [0.717, 1.165) is 17.3 Å². The average Bonchev–Trinajstić information content (AvgIpc) is 2.81. The molecule has 2 heterocycles. The quantitative estimate of drug-likeness (QED) is 0.522. The van der Waals surface area contributed by atoms with Gasteiger partial charge in [-0.25, -0.2) is 14.8 Å². The molecule has 33 heavy (non-hydrogen) atoms. The molecule has 172 valence electrons. The molecule has 7 nitrogen and oxygen atoms in total. The Morgan fingerprint density at radius 1 is 1.00 bits per heavy atom. The van der Waals surface area contributed by atoms with Gasteiger partial charge in [-0.15, -0.1) is 0 Å². The topological polar surface area (TPSA) is 70.6 Å². The van der Waals surface area contributed by atoms with Crippen molar-refractivity contribution in [1.29, 1.82) is 0 Å². The number of piperazine rings is 1. The van der Waals surface area contributed by atoms with E-state index in [4.69, 9.17) is 21.3 Å². The Morgan fingerprint density at radius 3 is 2.36 bits per heavy atom. The standard InChI is InChI=1S/C25H28ClN5O2/c1-17(2)24-27-18(3)16-23(29-24)30-12-14-31(15-13-30)25(32)28-20-9-5-7-11-22(20)33-21-10-6-4-8-19(21)26/h4-11,16-17H,12-15H2,1-3H3,(H,28,32). The smallest absolute Gasteiger partial charge is 0.322 e. The van der Waals surface area contributed by atoms with Crippen molar-refractivity contribution in [2.75, 3.05) is 36.4 Å². The fraction of sp³-hybridized carbons (Fsp3) is 0.320. The van der Waals surface area contributed by atoms with Crippen molar-refractivity contribution >= 4 is 29.1 Å². The summed E-state index contributed by atoms with van der Waals surface area (Å²) in [6.07, 6.45) is 0. The van der Waals surface area contributed by atoms with E-state index < -0.39 is 0 Å². The number of hydrogen-bond donors (Lipinski definition) is 1. The van der Waals surface area contributed by atoms with Crippen molar-refractivity contribution in [3.05, 3.63) is 71.1 Å². The van der Waals surface area contributed by atoms with E-state index in [9.17, 15) is 4.79 Å². The third kappa shape index (κ3) is 5.54. The lowest BCUT2D eigenvalue weighted by atomic mass is 10.2. The Bertz CT molecular complexity index is 1130. The molecule has 4 rings (SSSR count). The van der Waals surface area contributed by atoms with Crippen LogP contribution in [0.15, 0.2) is 54.6 Å². The number of benzene rings is 2. The fourth-order valence-electron chi connectivity index (χ4n) is 3.63. The summed E-state index contributed by atoms with van der Waals surface area (Å²) in [4.78, 5) is 26.2. The molecule has 1 aliphatic rings. The normalized spacial score (nSPS) is 13.8. The van der Waals surface area contributed by atoms with Crippen LogP contribution in [0.5, 0.6) is 11.5 Å². The van der Waals surface area contributed by atoms with Crippen molar-refractivity contribution < 1.29 is 9.53 Å². The van der Waals surface area contributed by atoms with Gasteiger partial charge in [-0.3, -0.25) is 0 Å². The third-order valence-electron chi connectivity index (χ3n) is 5.45. The van der Waals surface area contributed by atoms with Crippen molar-refractivity contribution in [3.8, 4) is 11.5 Å². The molecule has 1 aliphatic heterocycles. The van der Waals surface area contributed by atoms with E-state index in [1.807, 2.05) is 43.3 Å². The largest absolute Gasteiger partial charge is 0.454 e. The fourth-order valence-corrected chi connectivity index (χ4v) is 3.81. The Labute approximate surface area is 199 Å². The van der Waals surface area contributed by atoms with Gasteiger partial charge in [0.1, 0.15) is 17.4 Å². The maximum Gasteiger partial charge on any atom is 0.322 e. The molecule has 0 radical (unpaired) electrons. The van der Waals surface area contributed by atoms with Gasteiger partial charge in [-0.1, -0.05) is 49.7 Å². The van der Waals surface area contributed by atoms with Gasteiger partial charge in [0.15, 0.2) is 5.75 Å². The number of hydrogen-bond acceptors (Lipinski definition) is 5. The van der Waals surface area contributed by atoms with E-state index in [2.05, 4.69) is 29.0 Å². The Morgan fingerprint density at radius 2 is 1.67 bits per heavy atom. The van der Waals surface area contributed by atoms with Gasteiger partial charge in [0, 0.05) is 43.9 Å². The van der Waals surface area contributed by atoms with Crippen LogP contribution in [0.25, 0.3) is 0 Å². The first-order valence-electron chi connectivity index (χ1n) is 11.1. The number of carbonyl (C=O) groups is 1. The highest BCUT2D eigenvalue weighted by Gasteiger charge is 2.23. The molecule has 0 bridgehead atoms. The number of nitrogens with zero attached hydrogens (tertiary/aromatic N) is 4. The second kappa shape index (κ2) is 10.1. The number of urea groups is 1. The summed E-state index contributed by atoms with van der Waals surface area (Å²) in [6, 6.07) is 16.4. The molecule has 1 N–H and O–H groups in total. The van der Waals surface area contributed by atoms with E-state index in [1.54, 1.807) is 23.1 Å².